The lowest BCUT2D eigenvalue weighted by atomic mass is 9.99. The fraction of sp³-hybridized carbons (Fsp3) is 0.100. The summed E-state index contributed by atoms with van der Waals surface area (Å²) in [5, 5.41) is 2.66. The van der Waals surface area contributed by atoms with E-state index in [1.807, 2.05) is 42.5 Å². The van der Waals surface area contributed by atoms with Crippen LogP contribution in [0.25, 0.3) is 11.3 Å². The molecule has 2 heterocycles. The lowest BCUT2D eigenvalue weighted by Gasteiger charge is -2.18. The van der Waals surface area contributed by atoms with Gasteiger partial charge >= 0.3 is 6.09 Å². The van der Waals surface area contributed by atoms with Crippen LogP contribution in [0.5, 0.6) is 0 Å². The molecule has 1 fully saturated rings. The van der Waals surface area contributed by atoms with Gasteiger partial charge in [0.05, 0.1) is 11.4 Å². The van der Waals surface area contributed by atoms with Crippen LogP contribution in [-0.2, 0) is 4.74 Å². The van der Waals surface area contributed by atoms with E-state index in [0.717, 1.165) is 23.4 Å². The third-order valence-corrected chi connectivity index (χ3v) is 4.24. The molecule has 6 heteroatoms. The van der Waals surface area contributed by atoms with Crippen molar-refractivity contribution in [3.63, 3.8) is 0 Å². The molecule has 2 atom stereocenters. The van der Waals surface area contributed by atoms with Crippen molar-refractivity contribution >= 4 is 6.09 Å². The van der Waals surface area contributed by atoms with Gasteiger partial charge in [0.2, 0.25) is 0 Å². The van der Waals surface area contributed by atoms with Gasteiger partial charge in [-0.25, -0.2) is 13.6 Å². The summed E-state index contributed by atoms with van der Waals surface area (Å²) in [4.78, 5) is 16.4. The van der Waals surface area contributed by atoms with Crippen LogP contribution in [0.4, 0.5) is 13.6 Å². The van der Waals surface area contributed by atoms with Crippen LogP contribution in [0.1, 0.15) is 23.4 Å². The van der Waals surface area contributed by atoms with E-state index in [1.54, 1.807) is 6.07 Å². The first kappa shape index (κ1) is 16.2. The molecule has 4 nitrogen and oxygen atoms in total. The summed E-state index contributed by atoms with van der Waals surface area (Å²) in [6, 6.07) is 17.5. The fourth-order valence-corrected chi connectivity index (χ4v) is 3.02. The minimum absolute atomic E-state index is 0.0988. The molecule has 1 aromatic heterocycles. The molecule has 3 aromatic rings. The molecular formula is C20H14F2N2O2. The van der Waals surface area contributed by atoms with Crippen LogP contribution in [0.3, 0.4) is 0 Å². The Kier molecular flexibility index (Phi) is 4.08. The Balaban J connectivity index is 1.73. The van der Waals surface area contributed by atoms with Gasteiger partial charge in [-0.3, -0.25) is 4.98 Å². The number of halogens is 2. The van der Waals surface area contributed by atoms with Gasteiger partial charge in [-0.1, -0.05) is 36.4 Å². The molecule has 0 radical (unpaired) electrons. The topological polar surface area (TPSA) is 51.2 Å². The number of ether oxygens (including phenoxy) is 1. The van der Waals surface area contributed by atoms with E-state index in [2.05, 4.69) is 10.3 Å². The Labute approximate surface area is 148 Å². The van der Waals surface area contributed by atoms with Crippen molar-refractivity contribution in [1.29, 1.82) is 0 Å². The first-order valence-corrected chi connectivity index (χ1v) is 8.06. The van der Waals surface area contributed by atoms with Gasteiger partial charge < -0.3 is 10.1 Å². The molecule has 1 amide bonds. The predicted octanol–water partition coefficient (Wildman–Crippen LogP) is 4.55. The summed E-state index contributed by atoms with van der Waals surface area (Å²) in [6.07, 6.45) is -1.60. The number of nitrogens with one attached hydrogen (secondary N) is 1. The Morgan fingerprint density at radius 2 is 1.77 bits per heavy atom. The zero-order valence-electron chi connectivity index (χ0n) is 13.5. The van der Waals surface area contributed by atoms with E-state index < -0.39 is 29.9 Å². The number of amides is 1. The van der Waals surface area contributed by atoms with E-state index in [-0.39, 0.29) is 5.56 Å². The highest BCUT2D eigenvalue weighted by Gasteiger charge is 2.39. The number of hydrogen-bond donors (Lipinski definition) is 1. The third-order valence-electron chi connectivity index (χ3n) is 4.24. The minimum atomic E-state index is -0.929. The fourth-order valence-electron chi connectivity index (χ4n) is 3.02. The minimum Gasteiger partial charge on any atom is -0.439 e. The normalized spacial score (nSPS) is 19.1. The van der Waals surface area contributed by atoms with Gasteiger partial charge in [0.25, 0.3) is 0 Å². The van der Waals surface area contributed by atoms with Gasteiger partial charge in [-0.2, -0.15) is 0 Å². The number of carbonyl (C=O) groups excluding carboxylic acids is 1. The highest BCUT2D eigenvalue weighted by atomic mass is 19.1. The first-order chi connectivity index (χ1) is 12.6. The van der Waals surface area contributed by atoms with Gasteiger partial charge in [-0.05, 0) is 24.3 Å². The molecule has 130 valence electrons. The highest BCUT2D eigenvalue weighted by Crippen LogP contribution is 2.37. The van der Waals surface area contributed by atoms with Gasteiger partial charge in [-0.15, -0.1) is 0 Å². The van der Waals surface area contributed by atoms with Crippen LogP contribution in [-0.4, -0.2) is 11.1 Å². The van der Waals surface area contributed by atoms with E-state index >= 15 is 0 Å². The Bertz CT molecular complexity index is 963. The monoisotopic (exact) mass is 352 g/mol. The van der Waals surface area contributed by atoms with Crippen LogP contribution < -0.4 is 5.32 Å². The number of pyridine rings is 1. The molecule has 1 aliphatic heterocycles. The summed E-state index contributed by atoms with van der Waals surface area (Å²) in [6.45, 7) is 0. The average Bonchev–Trinajstić information content (AvgIpc) is 3.04. The molecule has 0 aliphatic carbocycles. The summed E-state index contributed by atoms with van der Waals surface area (Å²) >= 11 is 0. The number of hydrogen-bond acceptors (Lipinski definition) is 3. The van der Waals surface area contributed by atoms with Crippen LogP contribution in [0.2, 0.25) is 0 Å². The number of aromatic nitrogens is 1. The molecule has 0 saturated carbocycles. The maximum atomic E-state index is 14.2. The smallest absolute Gasteiger partial charge is 0.408 e. The van der Waals surface area contributed by atoms with Gasteiger partial charge in [0, 0.05) is 17.2 Å². The highest BCUT2D eigenvalue weighted by molar-refractivity contribution is 5.71. The standard InChI is InChI=1S/C20H14F2N2O2/c21-13-9-10-14(15(22)11-13)19-18(24-20(25)26-19)17-8-4-7-16(23-17)12-5-2-1-3-6-12/h1-11,18-19H,(H,24,25)/t18-,19-/m1/s1. The maximum absolute atomic E-state index is 14.2. The molecule has 4 rings (SSSR count). The Hall–Kier alpha value is -3.28. The summed E-state index contributed by atoms with van der Waals surface area (Å²) < 4.78 is 32.6. The summed E-state index contributed by atoms with van der Waals surface area (Å²) in [7, 11) is 0. The maximum Gasteiger partial charge on any atom is 0.408 e. The number of cyclic esters (lactones) is 1. The molecule has 0 spiro atoms. The first-order valence-electron chi connectivity index (χ1n) is 8.06. The summed E-state index contributed by atoms with van der Waals surface area (Å²) in [5.41, 5.74) is 2.28. The molecule has 26 heavy (non-hydrogen) atoms. The third kappa shape index (κ3) is 3.01. The van der Waals surface area contributed by atoms with E-state index in [0.29, 0.717) is 5.69 Å². The number of carbonyl (C=O) groups is 1. The average molecular weight is 352 g/mol. The second-order valence-electron chi connectivity index (χ2n) is 5.93. The van der Waals surface area contributed by atoms with Crippen molar-refractivity contribution in [3.05, 3.63) is 89.6 Å². The molecule has 1 N–H and O–H groups in total. The number of rotatable bonds is 3. The van der Waals surface area contributed by atoms with Crippen molar-refractivity contribution < 1.29 is 18.3 Å². The molecule has 2 aromatic carbocycles. The molecule has 1 saturated heterocycles. The Morgan fingerprint density at radius 1 is 0.962 bits per heavy atom. The zero-order valence-corrected chi connectivity index (χ0v) is 13.5. The zero-order chi connectivity index (χ0) is 18.1. The molecular weight excluding hydrogens is 338 g/mol. The molecule has 0 bridgehead atoms. The number of alkyl carbamates (subject to hydrolysis) is 1. The van der Waals surface area contributed by atoms with Crippen LogP contribution >= 0.6 is 0 Å². The summed E-state index contributed by atoms with van der Waals surface area (Å²) in [5.74, 6) is -1.46. The van der Waals surface area contributed by atoms with E-state index in [1.165, 1.54) is 6.07 Å². The van der Waals surface area contributed by atoms with Crippen LogP contribution in [0.15, 0.2) is 66.7 Å². The second kappa shape index (κ2) is 6.55. The lowest BCUT2D eigenvalue weighted by Crippen LogP contribution is -2.21. The molecule has 0 unspecified atom stereocenters. The second-order valence-corrected chi connectivity index (χ2v) is 5.93. The largest absolute Gasteiger partial charge is 0.439 e. The van der Waals surface area contributed by atoms with E-state index in [9.17, 15) is 13.6 Å². The van der Waals surface area contributed by atoms with Crippen molar-refractivity contribution in [2.75, 3.05) is 0 Å². The molecule has 1 aliphatic rings. The van der Waals surface area contributed by atoms with E-state index in [4.69, 9.17) is 4.74 Å². The lowest BCUT2D eigenvalue weighted by molar-refractivity contribution is 0.129. The number of benzene rings is 2. The van der Waals surface area contributed by atoms with Crippen molar-refractivity contribution in [1.82, 2.24) is 10.3 Å². The van der Waals surface area contributed by atoms with Gasteiger partial charge in [0.1, 0.15) is 17.7 Å². The van der Waals surface area contributed by atoms with Gasteiger partial charge in [0.15, 0.2) is 6.10 Å². The number of nitrogens with zero attached hydrogens (tertiary/aromatic N) is 1. The predicted molar refractivity (Wildman–Crippen MR) is 91.1 cm³/mol. The van der Waals surface area contributed by atoms with Crippen molar-refractivity contribution in [2.24, 2.45) is 0 Å². The SMILES string of the molecule is O=C1N[C@H](c2cccc(-c3ccccc3)n2)[C@@H](c2ccc(F)cc2F)O1. The van der Waals surface area contributed by atoms with Crippen molar-refractivity contribution in [2.45, 2.75) is 12.1 Å². The van der Waals surface area contributed by atoms with Crippen molar-refractivity contribution in [3.8, 4) is 11.3 Å². The quantitative estimate of drug-likeness (QED) is 0.752. The van der Waals surface area contributed by atoms with Crippen LogP contribution in [0, 0.1) is 11.6 Å². The Morgan fingerprint density at radius 3 is 2.54 bits per heavy atom.